The Balaban J connectivity index is 1.72. The third-order valence-corrected chi connectivity index (χ3v) is 3.97. The number of anilines is 1. The van der Waals surface area contributed by atoms with E-state index in [0.717, 1.165) is 22.7 Å². The van der Waals surface area contributed by atoms with E-state index in [0.29, 0.717) is 0 Å². The minimum Gasteiger partial charge on any atom is -0.454 e. The van der Waals surface area contributed by atoms with Crippen LogP contribution in [0.3, 0.4) is 0 Å². The van der Waals surface area contributed by atoms with E-state index in [2.05, 4.69) is 31.3 Å². The summed E-state index contributed by atoms with van der Waals surface area (Å²) in [5.41, 5.74) is 2.96. The van der Waals surface area contributed by atoms with Gasteiger partial charge in [0.1, 0.15) is 0 Å². The van der Waals surface area contributed by atoms with E-state index in [1.807, 2.05) is 30.3 Å². The number of hydrogen-bond acceptors (Lipinski definition) is 4. The van der Waals surface area contributed by atoms with Gasteiger partial charge in [-0.3, -0.25) is 0 Å². The molecule has 0 amide bonds. The summed E-state index contributed by atoms with van der Waals surface area (Å²) in [6.45, 7) is 4.46. The normalized spacial score (nSPS) is 21.5. The van der Waals surface area contributed by atoms with Gasteiger partial charge in [-0.2, -0.15) is 0 Å². The van der Waals surface area contributed by atoms with Gasteiger partial charge in [0, 0.05) is 16.8 Å². The zero-order valence-corrected chi connectivity index (χ0v) is 12.1. The Bertz CT molecular complexity index is 696. The molecule has 1 atom stereocenters. The minimum atomic E-state index is -0.344. The first kappa shape index (κ1) is 12.5. The molecule has 4 rings (SSSR count). The molecular weight excluding hydrogens is 266 g/mol. The summed E-state index contributed by atoms with van der Waals surface area (Å²) in [7, 11) is 0. The van der Waals surface area contributed by atoms with E-state index in [1.54, 1.807) is 0 Å². The van der Waals surface area contributed by atoms with Gasteiger partial charge in [0.15, 0.2) is 17.7 Å². The second-order valence-corrected chi connectivity index (χ2v) is 5.81. The lowest BCUT2D eigenvalue weighted by molar-refractivity contribution is -0.0734. The van der Waals surface area contributed by atoms with E-state index in [1.165, 1.54) is 5.56 Å². The molecule has 0 bridgehead atoms. The van der Waals surface area contributed by atoms with Crippen LogP contribution in [-0.2, 0) is 10.3 Å². The van der Waals surface area contributed by atoms with Crippen LogP contribution < -0.4 is 14.8 Å². The molecule has 0 fully saturated rings. The Morgan fingerprint density at radius 3 is 2.76 bits per heavy atom. The highest BCUT2D eigenvalue weighted by molar-refractivity contribution is 5.57. The van der Waals surface area contributed by atoms with Crippen molar-refractivity contribution in [3.63, 3.8) is 0 Å². The molecule has 4 heteroatoms. The first-order chi connectivity index (χ1) is 10.1. The van der Waals surface area contributed by atoms with Crippen LogP contribution in [0.5, 0.6) is 11.5 Å². The van der Waals surface area contributed by atoms with Crippen molar-refractivity contribution in [2.75, 3.05) is 12.1 Å². The number of benzene rings is 2. The second kappa shape index (κ2) is 4.40. The van der Waals surface area contributed by atoms with Gasteiger partial charge in [-0.15, -0.1) is 0 Å². The fourth-order valence-corrected chi connectivity index (χ4v) is 2.89. The Morgan fingerprint density at radius 1 is 1.05 bits per heavy atom. The van der Waals surface area contributed by atoms with E-state index < -0.39 is 0 Å². The molecule has 0 aliphatic carbocycles. The smallest absolute Gasteiger partial charge is 0.231 e. The highest BCUT2D eigenvalue weighted by Crippen LogP contribution is 2.43. The summed E-state index contributed by atoms with van der Waals surface area (Å²) in [4.78, 5) is 0. The van der Waals surface area contributed by atoms with Gasteiger partial charge in [-0.25, -0.2) is 0 Å². The molecule has 2 aliphatic heterocycles. The molecule has 0 spiro atoms. The zero-order valence-electron chi connectivity index (χ0n) is 12.1. The number of nitrogens with one attached hydrogen (secondary N) is 1. The second-order valence-electron chi connectivity index (χ2n) is 5.81. The number of ether oxygens (including phenoxy) is 3. The number of fused-ring (bicyclic) bond motifs is 2. The predicted molar refractivity (Wildman–Crippen MR) is 79.5 cm³/mol. The lowest BCUT2D eigenvalue weighted by Crippen LogP contribution is -2.33. The van der Waals surface area contributed by atoms with Gasteiger partial charge in [0.05, 0.1) is 5.60 Å². The van der Waals surface area contributed by atoms with Gasteiger partial charge in [-0.1, -0.05) is 24.3 Å². The fourth-order valence-electron chi connectivity index (χ4n) is 2.89. The van der Waals surface area contributed by atoms with E-state index in [9.17, 15) is 0 Å². The summed E-state index contributed by atoms with van der Waals surface area (Å²) in [5.74, 6) is 1.56. The van der Waals surface area contributed by atoms with Crippen LogP contribution in [0.4, 0.5) is 5.69 Å². The van der Waals surface area contributed by atoms with E-state index >= 15 is 0 Å². The molecule has 2 aromatic carbocycles. The average Bonchev–Trinajstić information content (AvgIpc) is 2.94. The summed E-state index contributed by atoms with van der Waals surface area (Å²) in [6.07, 6.45) is -0.204. The molecule has 0 unspecified atom stereocenters. The maximum atomic E-state index is 6.24. The van der Waals surface area contributed by atoms with Gasteiger partial charge in [-0.05, 0) is 32.0 Å². The highest BCUT2D eigenvalue weighted by Gasteiger charge is 2.34. The molecule has 1 N–H and O–H groups in total. The van der Waals surface area contributed by atoms with Crippen LogP contribution >= 0.6 is 0 Å². The van der Waals surface area contributed by atoms with E-state index in [4.69, 9.17) is 14.2 Å². The summed E-state index contributed by atoms with van der Waals surface area (Å²) < 4.78 is 17.0. The van der Waals surface area contributed by atoms with Gasteiger partial charge < -0.3 is 19.5 Å². The minimum absolute atomic E-state index is 0.204. The van der Waals surface area contributed by atoms with Crippen molar-refractivity contribution in [1.29, 1.82) is 0 Å². The maximum Gasteiger partial charge on any atom is 0.231 e. The molecule has 0 aromatic heterocycles. The molecule has 108 valence electrons. The number of rotatable bonds is 1. The lowest BCUT2D eigenvalue weighted by atomic mass is 9.93. The van der Waals surface area contributed by atoms with Gasteiger partial charge >= 0.3 is 0 Å². The van der Waals surface area contributed by atoms with Crippen LogP contribution in [0.1, 0.15) is 31.2 Å². The van der Waals surface area contributed by atoms with Crippen LogP contribution in [0.15, 0.2) is 42.5 Å². The monoisotopic (exact) mass is 283 g/mol. The third kappa shape index (κ3) is 2.03. The summed E-state index contributed by atoms with van der Waals surface area (Å²) in [6, 6.07) is 14.2. The first-order valence-electron chi connectivity index (χ1n) is 7.07. The standard InChI is InChI=1S/C17H17NO3/c1-17(2)12-5-3-4-6-13(12)18-16(21-17)11-7-8-14-15(9-11)20-10-19-14/h3-9,16,18H,10H2,1-2H3/t16-/m0/s1. The highest BCUT2D eigenvalue weighted by atomic mass is 16.7. The maximum absolute atomic E-state index is 6.24. The largest absolute Gasteiger partial charge is 0.454 e. The van der Waals surface area contributed by atoms with Crippen molar-refractivity contribution in [2.45, 2.75) is 25.7 Å². The first-order valence-corrected chi connectivity index (χ1v) is 7.07. The molecule has 2 aromatic rings. The topological polar surface area (TPSA) is 39.7 Å². The molecule has 0 radical (unpaired) electrons. The van der Waals surface area contributed by atoms with Crippen molar-refractivity contribution >= 4 is 5.69 Å². The fraction of sp³-hybridized carbons (Fsp3) is 0.294. The Kier molecular flexibility index (Phi) is 2.62. The molecular formula is C17H17NO3. The molecule has 4 nitrogen and oxygen atoms in total. The number of para-hydroxylation sites is 1. The van der Waals surface area contributed by atoms with Crippen molar-refractivity contribution in [3.8, 4) is 11.5 Å². The van der Waals surface area contributed by atoms with Crippen molar-refractivity contribution in [2.24, 2.45) is 0 Å². The van der Waals surface area contributed by atoms with Crippen molar-refractivity contribution in [1.82, 2.24) is 0 Å². The van der Waals surface area contributed by atoms with E-state index in [-0.39, 0.29) is 18.6 Å². The van der Waals surface area contributed by atoms with Crippen LogP contribution in [-0.4, -0.2) is 6.79 Å². The lowest BCUT2D eigenvalue weighted by Gasteiger charge is -2.39. The summed E-state index contributed by atoms with van der Waals surface area (Å²) >= 11 is 0. The Labute approximate surface area is 123 Å². The van der Waals surface area contributed by atoms with Crippen LogP contribution in [0.25, 0.3) is 0 Å². The Hall–Kier alpha value is -2.20. The van der Waals surface area contributed by atoms with Gasteiger partial charge in [0.2, 0.25) is 6.79 Å². The molecule has 2 heterocycles. The van der Waals surface area contributed by atoms with Crippen LogP contribution in [0.2, 0.25) is 0 Å². The molecule has 0 saturated heterocycles. The van der Waals surface area contributed by atoms with Crippen LogP contribution in [0, 0.1) is 0 Å². The SMILES string of the molecule is CC1(C)O[C@@H](c2ccc3c(c2)OCO3)Nc2ccccc21. The predicted octanol–water partition coefficient (Wildman–Crippen LogP) is 3.79. The quantitative estimate of drug-likeness (QED) is 0.864. The number of hydrogen-bond donors (Lipinski definition) is 1. The van der Waals surface area contributed by atoms with Gasteiger partial charge in [0.25, 0.3) is 0 Å². The molecule has 21 heavy (non-hydrogen) atoms. The zero-order chi connectivity index (χ0) is 14.4. The summed E-state index contributed by atoms with van der Waals surface area (Å²) in [5, 5.41) is 3.44. The Morgan fingerprint density at radius 2 is 1.86 bits per heavy atom. The van der Waals surface area contributed by atoms with Crippen molar-refractivity contribution < 1.29 is 14.2 Å². The molecule has 0 saturated carbocycles. The average molecular weight is 283 g/mol. The molecule has 2 aliphatic rings. The van der Waals surface area contributed by atoms with Crippen molar-refractivity contribution in [3.05, 3.63) is 53.6 Å². The third-order valence-electron chi connectivity index (χ3n) is 3.97.